The van der Waals surface area contributed by atoms with Gasteiger partial charge in [0.25, 0.3) is 0 Å². The summed E-state index contributed by atoms with van der Waals surface area (Å²) < 4.78 is 12.2. The second-order valence-electron chi connectivity index (χ2n) is 5.88. The molecule has 0 bridgehead atoms. The Bertz CT molecular complexity index is 1030. The maximum atomic E-state index is 12.5. The highest BCUT2D eigenvalue weighted by Crippen LogP contribution is 2.34. The topological polar surface area (TPSA) is 108 Å². The molecule has 0 aliphatic carbocycles. The molecular weight excluding hydrogens is 382 g/mol. The lowest BCUT2D eigenvalue weighted by atomic mass is 10.1. The number of thioether (sulfide) groups is 1. The number of benzene rings is 2. The van der Waals surface area contributed by atoms with Crippen molar-refractivity contribution in [2.75, 3.05) is 17.9 Å². The van der Waals surface area contributed by atoms with Crippen LogP contribution in [0, 0.1) is 0 Å². The Kier molecular flexibility index (Phi) is 4.94. The molecular formula is C18H15N5O4S. The number of nitrogens with one attached hydrogen (secondary N) is 1. The minimum absolute atomic E-state index is 0.0698. The molecule has 1 aliphatic rings. The van der Waals surface area contributed by atoms with Crippen LogP contribution in [0.3, 0.4) is 0 Å². The molecule has 0 spiro atoms. The number of amides is 1. The zero-order valence-corrected chi connectivity index (χ0v) is 15.6. The summed E-state index contributed by atoms with van der Waals surface area (Å²) in [5, 5.41) is 14.8. The third-order valence-electron chi connectivity index (χ3n) is 3.90. The SMILES string of the molecule is CC(=O)Nc1ccc(C(=O)CSc2nnnn2-c2ccc3c(c2)OCO3)cc1. The lowest BCUT2D eigenvalue weighted by Crippen LogP contribution is -2.07. The lowest BCUT2D eigenvalue weighted by Gasteiger charge is -2.06. The van der Waals surface area contributed by atoms with Crippen LogP contribution in [0.1, 0.15) is 17.3 Å². The number of nitrogens with zero attached hydrogens (tertiary/aromatic N) is 4. The van der Waals surface area contributed by atoms with Crippen LogP contribution in [0.15, 0.2) is 47.6 Å². The number of carbonyl (C=O) groups is 2. The molecule has 1 aromatic heterocycles. The van der Waals surface area contributed by atoms with Crippen molar-refractivity contribution in [3.05, 3.63) is 48.0 Å². The number of anilines is 1. The molecule has 0 atom stereocenters. The van der Waals surface area contributed by atoms with E-state index in [9.17, 15) is 9.59 Å². The van der Waals surface area contributed by atoms with Crippen molar-refractivity contribution in [3.8, 4) is 17.2 Å². The highest BCUT2D eigenvalue weighted by molar-refractivity contribution is 7.99. The number of hydrogen-bond donors (Lipinski definition) is 1. The van der Waals surface area contributed by atoms with Gasteiger partial charge in [0.1, 0.15) is 0 Å². The number of hydrogen-bond acceptors (Lipinski definition) is 8. The fraction of sp³-hybridized carbons (Fsp3) is 0.167. The first-order chi connectivity index (χ1) is 13.6. The van der Waals surface area contributed by atoms with E-state index in [0.29, 0.717) is 33.6 Å². The number of fused-ring (bicyclic) bond motifs is 1. The zero-order valence-electron chi connectivity index (χ0n) is 14.8. The molecule has 0 unspecified atom stereocenters. The van der Waals surface area contributed by atoms with Gasteiger partial charge in [-0.2, -0.15) is 4.68 Å². The molecule has 2 heterocycles. The van der Waals surface area contributed by atoms with Crippen LogP contribution in [-0.2, 0) is 4.79 Å². The number of aromatic nitrogens is 4. The largest absolute Gasteiger partial charge is 0.454 e. The first-order valence-electron chi connectivity index (χ1n) is 8.32. The molecule has 3 aromatic rings. The molecule has 4 rings (SSSR count). The Labute approximate surface area is 164 Å². The van der Waals surface area contributed by atoms with Gasteiger partial charge in [0, 0.05) is 24.2 Å². The summed E-state index contributed by atoms with van der Waals surface area (Å²) >= 11 is 1.24. The second-order valence-corrected chi connectivity index (χ2v) is 6.82. The van der Waals surface area contributed by atoms with Crippen molar-refractivity contribution >= 4 is 29.1 Å². The van der Waals surface area contributed by atoms with Gasteiger partial charge >= 0.3 is 0 Å². The Morgan fingerprint density at radius 1 is 1.14 bits per heavy atom. The monoisotopic (exact) mass is 397 g/mol. The van der Waals surface area contributed by atoms with E-state index in [4.69, 9.17) is 9.47 Å². The average Bonchev–Trinajstić information content (AvgIpc) is 3.34. The molecule has 2 aromatic carbocycles. The van der Waals surface area contributed by atoms with Gasteiger partial charge < -0.3 is 14.8 Å². The molecule has 1 aliphatic heterocycles. The molecule has 0 radical (unpaired) electrons. The summed E-state index contributed by atoms with van der Waals surface area (Å²) in [6.45, 7) is 1.62. The number of tetrazole rings is 1. The van der Waals surface area contributed by atoms with Crippen LogP contribution in [0.25, 0.3) is 5.69 Å². The number of rotatable bonds is 6. The first kappa shape index (κ1) is 18.0. The Morgan fingerprint density at radius 2 is 1.93 bits per heavy atom. The minimum atomic E-state index is -0.162. The highest BCUT2D eigenvalue weighted by Gasteiger charge is 2.17. The van der Waals surface area contributed by atoms with Crippen LogP contribution >= 0.6 is 11.8 Å². The normalized spacial score (nSPS) is 12.0. The van der Waals surface area contributed by atoms with E-state index >= 15 is 0 Å². The van der Waals surface area contributed by atoms with Crippen LogP contribution in [0.2, 0.25) is 0 Å². The summed E-state index contributed by atoms with van der Waals surface area (Å²) in [6, 6.07) is 12.1. The Hall–Kier alpha value is -3.40. The van der Waals surface area contributed by atoms with Gasteiger partial charge in [-0.15, -0.1) is 5.10 Å². The quantitative estimate of drug-likeness (QED) is 0.499. The molecule has 0 fully saturated rings. The molecule has 142 valence electrons. The molecule has 9 nitrogen and oxygen atoms in total. The van der Waals surface area contributed by atoms with Crippen molar-refractivity contribution in [2.24, 2.45) is 0 Å². The van der Waals surface area contributed by atoms with E-state index in [1.807, 2.05) is 6.07 Å². The van der Waals surface area contributed by atoms with Gasteiger partial charge in [-0.1, -0.05) is 11.8 Å². The van der Waals surface area contributed by atoms with Crippen LogP contribution in [0.4, 0.5) is 5.69 Å². The van der Waals surface area contributed by atoms with E-state index in [-0.39, 0.29) is 24.2 Å². The van der Waals surface area contributed by atoms with Gasteiger partial charge in [-0.3, -0.25) is 9.59 Å². The molecule has 0 saturated carbocycles. The zero-order chi connectivity index (χ0) is 19.5. The highest BCUT2D eigenvalue weighted by atomic mass is 32.2. The van der Waals surface area contributed by atoms with E-state index in [1.54, 1.807) is 41.1 Å². The van der Waals surface area contributed by atoms with Gasteiger partial charge in [-0.05, 0) is 46.8 Å². The third kappa shape index (κ3) is 3.81. The van der Waals surface area contributed by atoms with Gasteiger partial charge in [0.05, 0.1) is 11.4 Å². The van der Waals surface area contributed by atoms with E-state index in [2.05, 4.69) is 20.8 Å². The predicted molar refractivity (Wildman–Crippen MR) is 101 cm³/mol. The fourth-order valence-electron chi connectivity index (χ4n) is 2.60. The van der Waals surface area contributed by atoms with Crippen molar-refractivity contribution in [1.29, 1.82) is 0 Å². The van der Waals surface area contributed by atoms with E-state index < -0.39 is 0 Å². The molecule has 0 saturated heterocycles. The summed E-state index contributed by atoms with van der Waals surface area (Å²) in [6.07, 6.45) is 0. The van der Waals surface area contributed by atoms with Gasteiger partial charge in [0.2, 0.25) is 17.9 Å². The minimum Gasteiger partial charge on any atom is -0.454 e. The number of ketones is 1. The van der Waals surface area contributed by atoms with E-state index in [1.165, 1.54) is 18.7 Å². The van der Waals surface area contributed by atoms with Crippen molar-refractivity contribution in [3.63, 3.8) is 0 Å². The van der Waals surface area contributed by atoms with E-state index in [0.717, 1.165) is 0 Å². The fourth-order valence-corrected chi connectivity index (χ4v) is 3.39. The van der Waals surface area contributed by atoms with Crippen LogP contribution in [-0.4, -0.2) is 44.4 Å². The molecule has 28 heavy (non-hydrogen) atoms. The van der Waals surface area contributed by atoms with Gasteiger partial charge in [0.15, 0.2) is 17.3 Å². The maximum Gasteiger partial charge on any atom is 0.231 e. The third-order valence-corrected chi connectivity index (χ3v) is 4.82. The van der Waals surface area contributed by atoms with Crippen LogP contribution in [0.5, 0.6) is 11.5 Å². The number of carbonyl (C=O) groups excluding carboxylic acids is 2. The summed E-state index contributed by atoms with van der Waals surface area (Å²) in [4.78, 5) is 23.5. The second kappa shape index (κ2) is 7.69. The summed E-state index contributed by atoms with van der Waals surface area (Å²) in [7, 11) is 0. The number of Topliss-reactive ketones (excluding diaryl/α,β-unsaturated/α-hetero) is 1. The molecule has 1 N–H and O–H groups in total. The lowest BCUT2D eigenvalue weighted by molar-refractivity contribution is -0.114. The summed E-state index contributed by atoms with van der Waals surface area (Å²) in [5.74, 6) is 1.23. The Balaban J connectivity index is 1.44. The van der Waals surface area contributed by atoms with Crippen molar-refractivity contribution in [1.82, 2.24) is 20.2 Å². The molecule has 10 heteroatoms. The predicted octanol–water partition coefficient (Wildman–Crippen LogP) is 2.32. The summed E-state index contributed by atoms with van der Waals surface area (Å²) in [5.41, 5.74) is 1.90. The average molecular weight is 397 g/mol. The molecule has 1 amide bonds. The smallest absolute Gasteiger partial charge is 0.231 e. The van der Waals surface area contributed by atoms with Gasteiger partial charge in [-0.25, -0.2) is 0 Å². The standard InChI is InChI=1S/C18H15N5O4S/c1-11(24)19-13-4-2-12(3-5-13)15(25)9-28-18-20-21-22-23(18)14-6-7-16-17(8-14)27-10-26-16/h2-8H,9-10H2,1H3,(H,19,24). The maximum absolute atomic E-state index is 12.5. The Morgan fingerprint density at radius 3 is 2.71 bits per heavy atom. The first-order valence-corrected chi connectivity index (χ1v) is 9.31. The number of ether oxygens (including phenoxy) is 2. The van der Waals surface area contributed by atoms with Crippen molar-refractivity contribution < 1.29 is 19.1 Å². The van der Waals surface area contributed by atoms with Crippen LogP contribution < -0.4 is 14.8 Å². The van der Waals surface area contributed by atoms with Crippen molar-refractivity contribution in [2.45, 2.75) is 12.1 Å².